The largest absolute Gasteiger partial charge is 0.465 e. The zero-order chi connectivity index (χ0) is 10.8. The zero-order valence-electron chi connectivity index (χ0n) is 7.89. The summed E-state index contributed by atoms with van der Waals surface area (Å²) in [6.07, 6.45) is 0. The number of nitrogens with zero attached hydrogens (tertiary/aromatic N) is 1. The van der Waals surface area contributed by atoms with Gasteiger partial charge < -0.3 is 10.5 Å². The first kappa shape index (κ1) is 10.1. The minimum Gasteiger partial charge on any atom is -0.465 e. The number of hydrogen-bond acceptors (Lipinski definition) is 6. The molecular weight excluding hydrogens is 232 g/mol. The summed E-state index contributed by atoms with van der Waals surface area (Å²) in [6, 6.07) is 0. The van der Waals surface area contributed by atoms with Gasteiger partial charge in [-0.25, -0.2) is 9.78 Å². The van der Waals surface area contributed by atoms with E-state index in [0.717, 1.165) is 11.3 Å². The van der Waals surface area contributed by atoms with Gasteiger partial charge in [0.05, 0.1) is 18.4 Å². The van der Waals surface area contributed by atoms with Gasteiger partial charge in [0.2, 0.25) is 0 Å². The minimum atomic E-state index is -0.349. The van der Waals surface area contributed by atoms with Crippen molar-refractivity contribution in [3.05, 3.63) is 21.7 Å². The van der Waals surface area contributed by atoms with Crippen LogP contribution >= 0.6 is 22.7 Å². The topological polar surface area (TPSA) is 65.2 Å². The fourth-order valence-electron chi connectivity index (χ4n) is 1.17. The van der Waals surface area contributed by atoms with E-state index >= 15 is 0 Å². The maximum Gasteiger partial charge on any atom is 0.339 e. The second kappa shape index (κ2) is 4.00. The quantitative estimate of drug-likeness (QED) is 0.817. The molecule has 15 heavy (non-hydrogen) atoms. The average Bonchev–Trinajstić information content (AvgIpc) is 2.84. The number of esters is 1. The molecule has 6 heteroatoms. The van der Waals surface area contributed by atoms with Gasteiger partial charge in [0.15, 0.2) is 5.13 Å². The van der Waals surface area contributed by atoms with E-state index in [-0.39, 0.29) is 5.97 Å². The third-order valence-electron chi connectivity index (χ3n) is 1.87. The summed E-state index contributed by atoms with van der Waals surface area (Å²) in [5, 5.41) is 5.92. The molecule has 0 spiro atoms. The van der Waals surface area contributed by atoms with Crippen LogP contribution < -0.4 is 5.73 Å². The van der Waals surface area contributed by atoms with Crippen LogP contribution in [0, 0.1) is 0 Å². The Morgan fingerprint density at radius 1 is 1.47 bits per heavy atom. The smallest absolute Gasteiger partial charge is 0.339 e. The highest BCUT2D eigenvalue weighted by molar-refractivity contribution is 7.13. The molecule has 2 N–H and O–H groups in total. The van der Waals surface area contributed by atoms with Crippen LogP contribution in [0.4, 0.5) is 5.13 Å². The molecule has 0 aliphatic rings. The van der Waals surface area contributed by atoms with Gasteiger partial charge in [-0.15, -0.1) is 11.3 Å². The first-order valence-electron chi connectivity index (χ1n) is 4.08. The predicted octanol–water partition coefficient (Wildman–Crippen LogP) is 2.24. The van der Waals surface area contributed by atoms with Gasteiger partial charge in [-0.3, -0.25) is 0 Å². The molecule has 2 aromatic rings. The maximum atomic E-state index is 11.4. The highest BCUT2D eigenvalue weighted by Crippen LogP contribution is 2.29. The number of rotatable bonds is 2. The van der Waals surface area contributed by atoms with Crippen LogP contribution in [0.15, 0.2) is 16.1 Å². The number of nitrogens with two attached hydrogens (primary N) is 1. The van der Waals surface area contributed by atoms with Gasteiger partial charge in [-0.05, 0) is 0 Å². The molecule has 2 rings (SSSR count). The lowest BCUT2D eigenvalue weighted by Gasteiger charge is -1.98. The number of methoxy groups -OCH3 is 1. The first-order valence-corrected chi connectivity index (χ1v) is 5.90. The van der Waals surface area contributed by atoms with Crippen LogP contribution in [0.25, 0.3) is 11.3 Å². The molecule has 2 aromatic heterocycles. The Labute approximate surface area is 94.3 Å². The number of carbonyl (C=O) groups is 1. The lowest BCUT2D eigenvalue weighted by Crippen LogP contribution is -2.00. The summed E-state index contributed by atoms with van der Waals surface area (Å²) >= 11 is 2.79. The Morgan fingerprint density at radius 3 is 2.87 bits per heavy atom. The van der Waals surface area contributed by atoms with E-state index in [2.05, 4.69) is 9.72 Å². The highest BCUT2D eigenvalue weighted by atomic mass is 32.1. The molecule has 0 aliphatic heterocycles. The van der Waals surface area contributed by atoms with Crippen molar-refractivity contribution < 1.29 is 9.53 Å². The van der Waals surface area contributed by atoms with Crippen LogP contribution in [0.5, 0.6) is 0 Å². The molecule has 0 radical (unpaired) electrons. The Bertz CT molecular complexity index is 490. The van der Waals surface area contributed by atoms with Crippen LogP contribution in [-0.2, 0) is 4.74 Å². The average molecular weight is 240 g/mol. The summed E-state index contributed by atoms with van der Waals surface area (Å²) in [5.41, 5.74) is 7.57. The van der Waals surface area contributed by atoms with Crippen molar-refractivity contribution in [1.29, 1.82) is 0 Å². The van der Waals surface area contributed by atoms with Gasteiger partial charge in [0, 0.05) is 21.7 Å². The molecule has 0 saturated heterocycles. The number of thiazole rings is 1. The molecule has 0 unspecified atom stereocenters. The molecule has 0 aromatic carbocycles. The Kier molecular flexibility index (Phi) is 2.70. The molecular formula is C9H8N2O2S2. The fourth-order valence-corrected chi connectivity index (χ4v) is 2.55. The molecule has 0 saturated carbocycles. The zero-order valence-corrected chi connectivity index (χ0v) is 9.52. The number of hydrogen-bond donors (Lipinski definition) is 1. The molecule has 0 atom stereocenters. The molecule has 4 nitrogen and oxygen atoms in total. The molecule has 2 heterocycles. The van der Waals surface area contributed by atoms with E-state index < -0.39 is 0 Å². The number of anilines is 1. The van der Waals surface area contributed by atoms with Gasteiger partial charge in [0.1, 0.15) is 0 Å². The van der Waals surface area contributed by atoms with Gasteiger partial charge in [-0.1, -0.05) is 0 Å². The number of thiophene rings is 1. The van der Waals surface area contributed by atoms with E-state index in [1.54, 1.807) is 5.38 Å². The highest BCUT2D eigenvalue weighted by Gasteiger charge is 2.15. The Balaban J connectivity index is 2.45. The third-order valence-corrected chi connectivity index (χ3v) is 3.28. The van der Waals surface area contributed by atoms with E-state index in [1.807, 2.05) is 10.8 Å². The van der Waals surface area contributed by atoms with Crippen molar-refractivity contribution in [2.24, 2.45) is 0 Å². The second-order valence-corrected chi connectivity index (χ2v) is 4.39. The molecule has 0 bridgehead atoms. The number of ether oxygens (including phenoxy) is 1. The lowest BCUT2D eigenvalue weighted by molar-refractivity contribution is 0.0602. The standard InChI is InChI=1S/C9H8N2O2S2/c1-13-8(12)6-3-14-2-5(6)7-4-15-9(10)11-7/h2-4H,1H3,(H2,10,11). The molecule has 0 fully saturated rings. The van der Waals surface area contributed by atoms with E-state index in [4.69, 9.17) is 5.73 Å². The van der Waals surface area contributed by atoms with Gasteiger partial charge >= 0.3 is 5.97 Å². The van der Waals surface area contributed by atoms with Crippen molar-refractivity contribution >= 4 is 33.8 Å². The summed E-state index contributed by atoms with van der Waals surface area (Å²) in [7, 11) is 1.36. The van der Waals surface area contributed by atoms with E-state index in [9.17, 15) is 4.79 Å². The van der Waals surface area contributed by atoms with Gasteiger partial charge in [-0.2, -0.15) is 11.3 Å². The maximum absolute atomic E-state index is 11.4. The van der Waals surface area contributed by atoms with Crippen LogP contribution in [-0.4, -0.2) is 18.1 Å². The predicted molar refractivity (Wildman–Crippen MR) is 61.2 cm³/mol. The number of nitrogen functional groups attached to an aromatic ring is 1. The van der Waals surface area contributed by atoms with Crippen LogP contribution in [0.1, 0.15) is 10.4 Å². The summed E-state index contributed by atoms with van der Waals surface area (Å²) in [6.45, 7) is 0. The summed E-state index contributed by atoms with van der Waals surface area (Å²) in [5.74, 6) is -0.349. The summed E-state index contributed by atoms with van der Waals surface area (Å²) < 4.78 is 4.68. The third kappa shape index (κ3) is 1.86. The molecule has 0 amide bonds. The number of aromatic nitrogens is 1. The Morgan fingerprint density at radius 2 is 2.27 bits per heavy atom. The monoisotopic (exact) mass is 240 g/mol. The first-order chi connectivity index (χ1) is 7.22. The van der Waals surface area contributed by atoms with Crippen LogP contribution in [0.2, 0.25) is 0 Å². The summed E-state index contributed by atoms with van der Waals surface area (Å²) in [4.78, 5) is 15.5. The minimum absolute atomic E-state index is 0.349. The van der Waals surface area contributed by atoms with Crippen molar-refractivity contribution in [1.82, 2.24) is 4.98 Å². The van der Waals surface area contributed by atoms with Crippen molar-refractivity contribution in [3.63, 3.8) is 0 Å². The van der Waals surface area contributed by atoms with E-state index in [0.29, 0.717) is 10.7 Å². The van der Waals surface area contributed by atoms with Crippen molar-refractivity contribution in [3.8, 4) is 11.3 Å². The van der Waals surface area contributed by atoms with Crippen LogP contribution in [0.3, 0.4) is 0 Å². The normalized spacial score (nSPS) is 10.2. The fraction of sp³-hybridized carbons (Fsp3) is 0.111. The van der Waals surface area contributed by atoms with E-state index in [1.165, 1.54) is 29.8 Å². The van der Waals surface area contributed by atoms with Gasteiger partial charge in [0.25, 0.3) is 0 Å². The van der Waals surface area contributed by atoms with Crippen molar-refractivity contribution in [2.75, 3.05) is 12.8 Å². The molecule has 78 valence electrons. The Hall–Kier alpha value is -1.40. The SMILES string of the molecule is COC(=O)c1cscc1-c1csc(N)n1. The van der Waals surface area contributed by atoms with Crippen molar-refractivity contribution in [2.45, 2.75) is 0 Å². The number of carbonyl (C=O) groups excluding carboxylic acids is 1. The molecule has 0 aliphatic carbocycles. The lowest BCUT2D eigenvalue weighted by atomic mass is 10.1. The second-order valence-electron chi connectivity index (χ2n) is 2.76.